The van der Waals surface area contributed by atoms with Crippen LogP contribution in [0, 0.1) is 0 Å². The molecule has 0 nitrogen and oxygen atoms in total. The first-order valence-electron chi connectivity index (χ1n) is 25.7. The quantitative estimate of drug-likeness (QED) is 0.180. The summed E-state index contributed by atoms with van der Waals surface area (Å²) >= 11 is 0.699. The highest BCUT2D eigenvalue weighted by molar-refractivity contribution is 7.25. The average molecular weight is 589 g/mol. The summed E-state index contributed by atoms with van der Waals surface area (Å²) in [6, 6.07) is -21.7. The van der Waals surface area contributed by atoms with Crippen LogP contribution in [0.1, 0.15) is 35.6 Å². The Morgan fingerprint density at radius 3 is 1.53 bits per heavy atom. The van der Waals surface area contributed by atoms with Gasteiger partial charge in [0.15, 0.2) is 0 Å². The van der Waals surface area contributed by atoms with Gasteiger partial charge in [0.25, 0.3) is 0 Å². The summed E-state index contributed by atoms with van der Waals surface area (Å²) in [6.07, 6.45) is 0. The molecule has 1 aromatic heterocycles. The van der Waals surface area contributed by atoms with E-state index in [0.29, 0.717) is 11.3 Å². The highest BCUT2D eigenvalue weighted by Gasteiger charge is 2.12. The molecule has 0 aliphatic rings. The van der Waals surface area contributed by atoms with Gasteiger partial charge in [-0.2, -0.15) is 0 Å². The Labute approximate surface area is 290 Å². The van der Waals surface area contributed by atoms with E-state index in [1.165, 1.54) is 0 Å². The van der Waals surface area contributed by atoms with Crippen molar-refractivity contribution in [3.05, 3.63) is 157 Å². The third-order valence-electron chi connectivity index (χ3n) is 6.89. The van der Waals surface area contributed by atoms with E-state index >= 15 is 0 Å². The van der Waals surface area contributed by atoms with Gasteiger partial charge in [0.1, 0.15) is 0 Å². The SMILES string of the molecule is [2H]c1c([2H])c(-c2c([2H])c([2H])c(-c3c([2H])c([2H])c([2H])c4sc5c([2H])c([2H])c([2H])c([2H])c5c34)c([2H])c2[2H])c([2H])c(-c2c([2H])c([2H])c3c4c([2H])c([2H])c([2H])c([2H])c4c4c([2H])c([2H])c([2H])c([2H])c4c3c2[2H])c1[2H]. The Kier molecular flexibility index (Phi) is 2.23. The maximum Gasteiger partial charge on any atom is 0.0638 e. The smallest absolute Gasteiger partial charge is 0.0638 e. The minimum atomic E-state index is -1.03. The van der Waals surface area contributed by atoms with Crippen molar-refractivity contribution < 1.29 is 35.6 Å². The van der Waals surface area contributed by atoms with Gasteiger partial charge >= 0.3 is 0 Å². The normalized spacial score (nSPS) is 20.2. The summed E-state index contributed by atoms with van der Waals surface area (Å²) in [5, 5.41) is -3.43. The predicted molar refractivity (Wildman–Crippen MR) is 188 cm³/mol. The average Bonchev–Trinajstić information content (AvgIpc) is 3.72. The van der Waals surface area contributed by atoms with Crippen molar-refractivity contribution in [2.24, 2.45) is 0 Å². The molecule has 1 heteroatoms. The maximum atomic E-state index is 9.62. The molecule has 0 saturated heterocycles. The van der Waals surface area contributed by atoms with Crippen molar-refractivity contribution in [1.82, 2.24) is 0 Å². The van der Waals surface area contributed by atoms with Crippen molar-refractivity contribution >= 4 is 63.8 Å². The Bertz CT molecular complexity index is 3890. The number of benzene rings is 8. The fourth-order valence-electron chi connectivity index (χ4n) is 4.98. The van der Waals surface area contributed by atoms with Crippen LogP contribution in [-0.2, 0) is 0 Å². The minimum Gasteiger partial charge on any atom is -0.135 e. The molecule has 9 rings (SSSR count). The molecular weight excluding hydrogens is 537 g/mol. The summed E-state index contributed by atoms with van der Waals surface area (Å²) < 4.78 is 231. The van der Waals surface area contributed by atoms with E-state index in [-0.39, 0.29) is 20.2 Å². The maximum absolute atomic E-state index is 9.62. The predicted octanol–water partition coefficient (Wildman–Crippen LogP) is 12.5. The van der Waals surface area contributed by atoms with Gasteiger partial charge in [-0.05, 0) is 89.9 Å². The van der Waals surface area contributed by atoms with E-state index in [1.54, 1.807) is 0 Å². The second-order valence-corrected chi connectivity index (χ2v) is 10.3. The first kappa shape index (κ1) is 9.91. The zero-order chi connectivity index (χ0) is 51.0. The fraction of sp³-hybridized carbons (Fsp3) is 0. The third-order valence-corrected chi connectivity index (χ3v) is 7.91. The first-order valence-corrected chi connectivity index (χ1v) is 13.5. The van der Waals surface area contributed by atoms with E-state index in [4.69, 9.17) is 24.7 Å². The molecule has 0 spiro atoms. The summed E-state index contributed by atoms with van der Waals surface area (Å²) in [7, 11) is 0. The number of rotatable bonds is 3. The monoisotopic (exact) mass is 588 g/mol. The topological polar surface area (TPSA) is 0 Å². The molecule has 0 amide bonds. The zero-order valence-corrected chi connectivity index (χ0v) is 22.2. The Balaban J connectivity index is 1.42. The second-order valence-electron chi connectivity index (χ2n) is 9.26. The van der Waals surface area contributed by atoms with Gasteiger partial charge in [-0.1, -0.05) is 133 Å². The van der Waals surface area contributed by atoms with Crippen LogP contribution in [0.2, 0.25) is 0 Å². The van der Waals surface area contributed by atoms with E-state index in [2.05, 4.69) is 0 Å². The fourth-order valence-corrected chi connectivity index (χ4v) is 5.95. The molecule has 1 heterocycles. The Morgan fingerprint density at radius 1 is 0.326 bits per heavy atom. The van der Waals surface area contributed by atoms with E-state index < -0.39 is 223 Å². The van der Waals surface area contributed by atoms with E-state index in [1.807, 2.05) is 0 Å². The van der Waals surface area contributed by atoms with Crippen LogP contribution < -0.4 is 0 Å². The second kappa shape index (κ2) is 9.66. The summed E-state index contributed by atoms with van der Waals surface area (Å²) in [5.74, 6) is 0. The van der Waals surface area contributed by atoms with Gasteiger partial charge in [-0.3, -0.25) is 0 Å². The van der Waals surface area contributed by atoms with Gasteiger partial charge in [0.05, 0.1) is 35.6 Å². The minimum absolute atomic E-state index is 0.0793. The van der Waals surface area contributed by atoms with Gasteiger partial charge in [-0.15, -0.1) is 11.3 Å². The molecule has 0 aliphatic heterocycles. The first-order chi connectivity index (χ1) is 32.2. The molecule has 0 saturated carbocycles. The Morgan fingerprint density at radius 2 is 0.814 bits per heavy atom. The van der Waals surface area contributed by atoms with Gasteiger partial charge in [0, 0.05) is 20.2 Å². The molecule has 0 radical (unpaired) electrons. The van der Waals surface area contributed by atoms with Gasteiger partial charge in [-0.25, -0.2) is 0 Å². The van der Waals surface area contributed by atoms with E-state index in [9.17, 15) is 11.0 Å². The number of hydrogen-bond donors (Lipinski definition) is 0. The molecule has 0 atom stereocenters. The lowest BCUT2D eigenvalue weighted by Gasteiger charge is -2.13. The molecule has 0 unspecified atom stereocenters. The van der Waals surface area contributed by atoms with Crippen LogP contribution >= 0.6 is 11.3 Å². The van der Waals surface area contributed by atoms with Crippen LogP contribution in [0.3, 0.4) is 0 Å². The van der Waals surface area contributed by atoms with Crippen molar-refractivity contribution in [3.8, 4) is 33.4 Å². The van der Waals surface area contributed by atoms with Gasteiger partial charge < -0.3 is 0 Å². The van der Waals surface area contributed by atoms with Crippen molar-refractivity contribution in [3.63, 3.8) is 0 Å². The summed E-state index contributed by atoms with van der Waals surface area (Å²) in [4.78, 5) is 0. The van der Waals surface area contributed by atoms with Crippen LogP contribution in [0.5, 0.6) is 0 Å². The molecule has 0 fully saturated rings. The lowest BCUT2D eigenvalue weighted by Crippen LogP contribution is -1.86. The summed E-state index contributed by atoms with van der Waals surface area (Å²) in [6.45, 7) is 0. The van der Waals surface area contributed by atoms with E-state index in [0.717, 1.165) is 0 Å². The third kappa shape index (κ3) is 3.90. The molecule has 43 heavy (non-hydrogen) atoms. The zero-order valence-electron chi connectivity index (χ0n) is 47.4. The van der Waals surface area contributed by atoms with Crippen molar-refractivity contribution in [2.75, 3.05) is 0 Å². The molecular formula is C42H26S. The van der Waals surface area contributed by atoms with Crippen LogP contribution in [0.4, 0.5) is 0 Å². The molecule has 9 aromatic rings. The lowest BCUT2D eigenvalue weighted by molar-refractivity contribution is 1.59. The number of thiophene rings is 1. The van der Waals surface area contributed by atoms with Crippen molar-refractivity contribution in [1.29, 1.82) is 0 Å². The molecule has 0 aliphatic carbocycles. The van der Waals surface area contributed by atoms with Gasteiger partial charge in [0.2, 0.25) is 0 Å². The Hall–Kier alpha value is -5.24. The van der Waals surface area contributed by atoms with Crippen LogP contribution in [-0.4, -0.2) is 0 Å². The van der Waals surface area contributed by atoms with Crippen LogP contribution in [0.15, 0.2) is 157 Å². The molecule has 200 valence electrons. The molecule has 0 bridgehead atoms. The molecule has 8 aromatic carbocycles. The largest absolute Gasteiger partial charge is 0.135 e. The number of fused-ring (bicyclic) bond motifs is 9. The lowest BCUT2D eigenvalue weighted by atomic mass is 9.91. The summed E-state index contributed by atoms with van der Waals surface area (Å²) in [5.41, 5.74) is -4.46. The number of hydrogen-bond acceptors (Lipinski definition) is 1. The van der Waals surface area contributed by atoms with Crippen LogP contribution in [0.25, 0.3) is 85.9 Å². The highest BCUT2D eigenvalue weighted by Crippen LogP contribution is 2.41. The molecule has 0 N–H and O–H groups in total. The highest BCUT2D eigenvalue weighted by atomic mass is 32.1. The van der Waals surface area contributed by atoms with Crippen molar-refractivity contribution in [2.45, 2.75) is 0 Å². The standard InChI is InChI=1S/C42H26S/c1-2-13-35-33(11-1)34-12-3-4-14-36(34)39-26-31(23-24-37(35)39)30-10-7-9-29(25-30)27-19-21-28(22-20-27)32-16-8-18-41-42(32)38-15-5-6-17-40(38)43-41/h1-26H/i1D,2D,3D,4D,5D,6D,7D,8D,9D,10D,11D,12D,13D,14D,15D,16D,17D,18D,19D,20D,21D,22D,23D,24D,25D,26D.